The predicted molar refractivity (Wildman–Crippen MR) is 73.4 cm³/mol. The van der Waals surface area contributed by atoms with Crippen LogP contribution in [-0.4, -0.2) is 46.0 Å². The van der Waals surface area contributed by atoms with Gasteiger partial charge >= 0.3 is 0 Å². The maximum absolute atomic E-state index is 12.3. The van der Waals surface area contributed by atoms with E-state index in [0.29, 0.717) is 26.1 Å². The lowest BCUT2D eigenvalue weighted by molar-refractivity contribution is -0.138. The molecule has 19 heavy (non-hydrogen) atoms. The number of hydrogen-bond acceptors (Lipinski definition) is 4. The van der Waals surface area contributed by atoms with Crippen molar-refractivity contribution < 1.29 is 9.53 Å². The number of morpholine rings is 1. The van der Waals surface area contributed by atoms with Crippen molar-refractivity contribution in [1.82, 2.24) is 14.3 Å². The molecular weight excluding hydrogens is 262 g/mol. The molecule has 0 radical (unpaired) electrons. The van der Waals surface area contributed by atoms with Crippen molar-refractivity contribution in [2.45, 2.75) is 25.9 Å². The minimum absolute atomic E-state index is 0.146. The van der Waals surface area contributed by atoms with Gasteiger partial charge in [0.25, 0.3) is 0 Å². The van der Waals surface area contributed by atoms with Gasteiger partial charge in [-0.05, 0) is 6.42 Å². The van der Waals surface area contributed by atoms with E-state index in [0.717, 1.165) is 17.1 Å². The summed E-state index contributed by atoms with van der Waals surface area (Å²) in [5.74, 6) is 0.146. The third kappa shape index (κ3) is 2.64. The Morgan fingerprint density at radius 1 is 1.63 bits per heavy atom. The number of imidazole rings is 1. The molecule has 1 fully saturated rings. The summed E-state index contributed by atoms with van der Waals surface area (Å²) < 4.78 is 7.54. The number of rotatable bonds is 3. The quantitative estimate of drug-likeness (QED) is 0.857. The second-order valence-corrected chi connectivity index (χ2v) is 5.62. The number of hydrogen-bond donors (Lipinski definition) is 0. The lowest BCUT2D eigenvalue weighted by Gasteiger charge is -2.32. The van der Waals surface area contributed by atoms with E-state index >= 15 is 0 Å². The van der Waals surface area contributed by atoms with Gasteiger partial charge in [0.2, 0.25) is 5.91 Å². The third-order valence-electron chi connectivity index (χ3n) is 3.42. The average molecular weight is 279 g/mol. The van der Waals surface area contributed by atoms with Crippen LogP contribution in [0.3, 0.4) is 0 Å². The first kappa shape index (κ1) is 12.6. The molecule has 1 aliphatic rings. The fraction of sp³-hybridized carbons (Fsp3) is 0.538. The van der Waals surface area contributed by atoms with E-state index in [1.807, 2.05) is 27.1 Å². The molecule has 5 nitrogen and oxygen atoms in total. The molecule has 6 heteroatoms. The number of ether oxygens (including phenoxy) is 1. The summed E-state index contributed by atoms with van der Waals surface area (Å²) >= 11 is 1.58. The van der Waals surface area contributed by atoms with Crippen LogP contribution >= 0.6 is 11.3 Å². The first-order chi connectivity index (χ1) is 9.26. The number of amides is 1. The zero-order valence-electron chi connectivity index (χ0n) is 10.9. The topological polar surface area (TPSA) is 46.8 Å². The van der Waals surface area contributed by atoms with Crippen LogP contribution < -0.4 is 0 Å². The predicted octanol–water partition coefficient (Wildman–Crippen LogP) is 1.58. The van der Waals surface area contributed by atoms with E-state index in [1.165, 1.54) is 0 Å². The highest BCUT2D eigenvalue weighted by Crippen LogP contribution is 2.14. The van der Waals surface area contributed by atoms with E-state index in [2.05, 4.69) is 11.9 Å². The molecule has 2 aromatic rings. The van der Waals surface area contributed by atoms with E-state index in [9.17, 15) is 4.79 Å². The Morgan fingerprint density at radius 2 is 2.53 bits per heavy atom. The second kappa shape index (κ2) is 5.30. The molecule has 0 aliphatic carbocycles. The smallest absolute Gasteiger partial charge is 0.228 e. The van der Waals surface area contributed by atoms with E-state index in [1.54, 1.807) is 11.3 Å². The maximum atomic E-state index is 12.3. The number of nitrogens with zero attached hydrogens (tertiary/aromatic N) is 3. The van der Waals surface area contributed by atoms with Gasteiger partial charge in [0.1, 0.15) is 0 Å². The van der Waals surface area contributed by atoms with Gasteiger partial charge in [0.05, 0.1) is 24.8 Å². The molecule has 1 atom stereocenters. The molecule has 3 rings (SSSR count). The lowest BCUT2D eigenvalue weighted by atomic mass is 10.2. The Kier molecular flexibility index (Phi) is 3.52. The van der Waals surface area contributed by atoms with Crippen LogP contribution in [0.25, 0.3) is 4.96 Å². The molecule has 1 aliphatic heterocycles. The summed E-state index contributed by atoms with van der Waals surface area (Å²) in [6, 6.07) is 0. The van der Waals surface area contributed by atoms with Crippen molar-refractivity contribution in [3.63, 3.8) is 0 Å². The van der Waals surface area contributed by atoms with Crippen LogP contribution in [0.4, 0.5) is 0 Å². The van der Waals surface area contributed by atoms with Crippen molar-refractivity contribution in [1.29, 1.82) is 0 Å². The van der Waals surface area contributed by atoms with E-state index < -0.39 is 0 Å². The molecule has 0 saturated carbocycles. The Morgan fingerprint density at radius 3 is 3.32 bits per heavy atom. The molecule has 2 aromatic heterocycles. The standard InChI is InChI=1S/C13H17N3O2S/c1-2-11-9-15(3-5-18-11)12(17)7-10-8-16-4-6-19-13(16)14-10/h4,6,8,11H,2-3,5,7,9H2,1H3/t11-/m1/s1. The number of fused-ring (bicyclic) bond motifs is 1. The number of carbonyl (C=O) groups excluding carboxylic acids is 1. The minimum atomic E-state index is 0.146. The SMILES string of the molecule is CC[C@@H]1CN(C(=O)Cc2cn3ccsc3n2)CCO1. The lowest BCUT2D eigenvalue weighted by Crippen LogP contribution is -2.46. The molecule has 3 heterocycles. The highest BCUT2D eigenvalue weighted by Gasteiger charge is 2.23. The zero-order valence-corrected chi connectivity index (χ0v) is 11.7. The molecule has 0 unspecified atom stereocenters. The summed E-state index contributed by atoms with van der Waals surface area (Å²) in [6.07, 6.45) is 5.40. The van der Waals surface area contributed by atoms with Crippen LogP contribution in [0.1, 0.15) is 19.0 Å². The third-order valence-corrected chi connectivity index (χ3v) is 4.19. The minimum Gasteiger partial charge on any atom is -0.375 e. The first-order valence-electron chi connectivity index (χ1n) is 6.56. The van der Waals surface area contributed by atoms with Crippen molar-refractivity contribution in [3.8, 4) is 0 Å². The molecule has 0 N–H and O–H groups in total. The fourth-order valence-electron chi connectivity index (χ4n) is 2.32. The van der Waals surface area contributed by atoms with Gasteiger partial charge in [-0.25, -0.2) is 4.98 Å². The van der Waals surface area contributed by atoms with Crippen molar-refractivity contribution in [2.75, 3.05) is 19.7 Å². The zero-order chi connectivity index (χ0) is 13.2. The molecule has 1 saturated heterocycles. The Hall–Kier alpha value is -1.40. The van der Waals surface area contributed by atoms with Gasteiger partial charge in [0.15, 0.2) is 4.96 Å². The number of thiazole rings is 1. The molecule has 0 aromatic carbocycles. The average Bonchev–Trinajstić information content (AvgIpc) is 2.99. The van der Waals surface area contributed by atoms with E-state index in [-0.39, 0.29) is 12.0 Å². The fourth-order valence-corrected chi connectivity index (χ4v) is 3.04. The largest absolute Gasteiger partial charge is 0.375 e. The highest BCUT2D eigenvalue weighted by atomic mass is 32.1. The van der Waals surface area contributed by atoms with Crippen LogP contribution in [0.5, 0.6) is 0 Å². The van der Waals surface area contributed by atoms with Crippen LogP contribution in [0.2, 0.25) is 0 Å². The monoisotopic (exact) mass is 279 g/mol. The second-order valence-electron chi connectivity index (χ2n) is 4.74. The number of carbonyl (C=O) groups is 1. The Labute approximate surface area is 115 Å². The van der Waals surface area contributed by atoms with Gasteiger partial charge < -0.3 is 9.64 Å². The van der Waals surface area contributed by atoms with Gasteiger partial charge in [-0.1, -0.05) is 6.92 Å². The first-order valence-corrected chi connectivity index (χ1v) is 7.44. The van der Waals surface area contributed by atoms with Gasteiger partial charge in [-0.3, -0.25) is 9.20 Å². The van der Waals surface area contributed by atoms with Crippen molar-refractivity contribution in [3.05, 3.63) is 23.5 Å². The summed E-state index contributed by atoms with van der Waals surface area (Å²) in [6.45, 7) is 4.12. The van der Waals surface area contributed by atoms with E-state index in [4.69, 9.17) is 4.74 Å². The van der Waals surface area contributed by atoms with Crippen LogP contribution in [0.15, 0.2) is 17.8 Å². The molecule has 1 amide bonds. The van der Waals surface area contributed by atoms with Crippen LogP contribution in [0, 0.1) is 0 Å². The summed E-state index contributed by atoms with van der Waals surface area (Å²) in [7, 11) is 0. The Balaban J connectivity index is 1.65. The van der Waals surface area contributed by atoms with Gasteiger partial charge in [0, 0.05) is 30.9 Å². The molecule has 0 bridgehead atoms. The molecular formula is C13H17N3O2S. The maximum Gasteiger partial charge on any atom is 0.228 e. The van der Waals surface area contributed by atoms with Gasteiger partial charge in [-0.2, -0.15) is 0 Å². The van der Waals surface area contributed by atoms with Crippen LogP contribution in [-0.2, 0) is 16.0 Å². The molecule has 102 valence electrons. The summed E-state index contributed by atoms with van der Waals surface area (Å²) in [5.41, 5.74) is 0.844. The van der Waals surface area contributed by atoms with Crippen molar-refractivity contribution >= 4 is 22.2 Å². The highest BCUT2D eigenvalue weighted by molar-refractivity contribution is 7.15. The summed E-state index contributed by atoms with van der Waals surface area (Å²) in [4.78, 5) is 19.5. The number of aromatic nitrogens is 2. The molecule has 0 spiro atoms. The normalized spacial score (nSPS) is 20.1. The van der Waals surface area contributed by atoms with Gasteiger partial charge in [-0.15, -0.1) is 11.3 Å². The van der Waals surface area contributed by atoms with Crippen molar-refractivity contribution in [2.24, 2.45) is 0 Å². The Bertz CT molecular complexity index is 549. The summed E-state index contributed by atoms with van der Waals surface area (Å²) in [5, 5.41) is 1.99.